The average molecular weight is 234 g/mol. The second kappa shape index (κ2) is 3.28. The van der Waals surface area contributed by atoms with Gasteiger partial charge < -0.3 is 0 Å². The Balaban J connectivity index is 2.60. The Morgan fingerprint density at radius 1 is 1.20 bits per heavy atom. The largest absolute Gasteiger partial charge is 0.392 e. The molecule has 0 bridgehead atoms. The first-order valence-electron chi connectivity index (χ1n) is 4.60. The quantitative estimate of drug-likeness (QED) is 0.629. The van der Waals surface area contributed by atoms with E-state index in [4.69, 9.17) is 0 Å². The SMILES string of the molecule is CC(C(F)(F)F)C1(C)CC1CC(F)(F)F. The molecule has 6 heteroatoms. The molecule has 0 nitrogen and oxygen atoms in total. The standard InChI is InChI=1S/C9H12F6/c1-5(9(13,14)15)7(2)3-6(7)4-8(10,11)12/h5-6H,3-4H2,1-2H3. The van der Waals surface area contributed by atoms with Gasteiger partial charge in [-0.3, -0.25) is 0 Å². The van der Waals surface area contributed by atoms with Crippen molar-refractivity contribution in [1.29, 1.82) is 0 Å². The van der Waals surface area contributed by atoms with E-state index >= 15 is 0 Å². The highest BCUT2D eigenvalue weighted by molar-refractivity contribution is 5.04. The Morgan fingerprint density at radius 3 is 2.00 bits per heavy atom. The molecule has 1 rings (SSSR count). The number of hydrogen-bond acceptors (Lipinski definition) is 0. The normalized spacial score (nSPS) is 34.0. The molecule has 0 heterocycles. The average Bonchev–Trinajstić information content (AvgIpc) is 2.55. The van der Waals surface area contributed by atoms with Crippen LogP contribution in [0.3, 0.4) is 0 Å². The van der Waals surface area contributed by atoms with Crippen LogP contribution in [0.4, 0.5) is 26.3 Å². The highest BCUT2D eigenvalue weighted by atomic mass is 19.4. The monoisotopic (exact) mass is 234 g/mol. The van der Waals surface area contributed by atoms with Crippen molar-refractivity contribution in [1.82, 2.24) is 0 Å². The van der Waals surface area contributed by atoms with Crippen LogP contribution in [-0.2, 0) is 0 Å². The summed E-state index contributed by atoms with van der Waals surface area (Å²) < 4.78 is 72.8. The van der Waals surface area contributed by atoms with Crippen molar-refractivity contribution >= 4 is 0 Å². The van der Waals surface area contributed by atoms with Crippen LogP contribution in [0.5, 0.6) is 0 Å². The fourth-order valence-electron chi connectivity index (χ4n) is 1.96. The van der Waals surface area contributed by atoms with E-state index in [1.54, 1.807) is 0 Å². The Labute approximate surface area is 83.6 Å². The molecule has 1 saturated carbocycles. The van der Waals surface area contributed by atoms with Gasteiger partial charge in [0.1, 0.15) is 0 Å². The summed E-state index contributed by atoms with van der Waals surface area (Å²) in [6, 6.07) is 0. The van der Waals surface area contributed by atoms with E-state index in [1.165, 1.54) is 6.92 Å². The molecule has 1 fully saturated rings. The van der Waals surface area contributed by atoms with E-state index in [2.05, 4.69) is 0 Å². The summed E-state index contributed by atoms with van der Waals surface area (Å²) in [5.74, 6) is -2.55. The molecule has 0 aromatic heterocycles. The molecule has 0 saturated heterocycles. The van der Waals surface area contributed by atoms with Gasteiger partial charge in [0.25, 0.3) is 0 Å². The Morgan fingerprint density at radius 2 is 1.67 bits per heavy atom. The van der Waals surface area contributed by atoms with E-state index in [9.17, 15) is 26.3 Å². The van der Waals surface area contributed by atoms with Gasteiger partial charge in [0.15, 0.2) is 0 Å². The number of hydrogen-bond donors (Lipinski definition) is 0. The van der Waals surface area contributed by atoms with Crippen LogP contribution in [0, 0.1) is 17.3 Å². The third-order valence-corrected chi connectivity index (χ3v) is 3.42. The summed E-state index contributed by atoms with van der Waals surface area (Å²) >= 11 is 0. The maximum atomic E-state index is 12.3. The second-order valence-corrected chi connectivity index (χ2v) is 4.49. The molecule has 90 valence electrons. The predicted octanol–water partition coefficient (Wildman–Crippen LogP) is 4.16. The van der Waals surface area contributed by atoms with Gasteiger partial charge in [-0.05, 0) is 17.8 Å². The third kappa shape index (κ3) is 2.78. The van der Waals surface area contributed by atoms with Crippen molar-refractivity contribution in [2.24, 2.45) is 17.3 Å². The number of rotatable bonds is 2. The smallest absolute Gasteiger partial charge is 0.171 e. The maximum absolute atomic E-state index is 12.3. The van der Waals surface area contributed by atoms with Gasteiger partial charge in [0, 0.05) is 6.42 Å². The first kappa shape index (κ1) is 12.6. The fraction of sp³-hybridized carbons (Fsp3) is 1.00. The van der Waals surface area contributed by atoms with Crippen molar-refractivity contribution in [2.75, 3.05) is 0 Å². The third-order valence-electron chi connectivity index (χ3n) is 3.42. The van der Waals surface area contributed by atoms with Gasteiger partial charge in [-0.2, -0.15) is 26.3 Å². The van der Waals surface area contributed by atoms with E-state index in [0.29, 0.717) is 0 Å². The minimum absolute atomic E-state index is 0.00713. The van der Waals surface area contributed by atoms with Crippen molar-refractivity contribution in [3.8, 4) is 0 Å². The molecule has 3 unspecified atom stereocenters. The van der Waals surface area contributed by atoms with Crippen LogP contribution in [0.2, 0.25) is 0 Å². The van der Waals surface area contributed by atoms with Gasteiger partial charge in [-0.25, -0.2) is 0 Å². The Hall–Kier alpha value is -0.420. The van der Waals surface area contributed by atoms with Crippen LogP contribution in [-0.4, -0.2) is 12.4 Å². The van der Waals surface area contributed by atoms with Crippen LogP contribution in [0.25, 0.3) is 0 Å². The zero-order valence-corrected chi connectivity index (χ0v) is 8.34. The molecule has 15 heavy (non-hydrogen) atoms. The summed E-state index contributed by atoms with van der Waals surface area (Å²) in [5.41, 5.74) is -1.23. The molecule has 0 amide bonds. The predicted molar refractivity (Wildman–Crippen MR) is 42.1 cm³/mol. The lowest BCUT2D eigenvalue weighted by atomic mass is 9.89. The first-order chi connectivity index (χ1) is 6.47. The Kier molecular flexibility index (Phi) is 2.77. The summed E-state index contributed by atoms with van der Waals surface area (Å²) in [5, 5.41) is 0. The van der Waals surface area contributed by atoms with Gasteiger partial charge in [0.05, 0.1) is 5.92 Å². The summed E-state index contributed by atoms with van der Waals surface area (Å²) in [6.45, 7) is 2.23. The van der Waals surface area contributed by atoms with Gasteiger partial charge in [0.2, 0.25) is 0 Å². The minimum atomic E-state index is -4.41. The molecule has 0 radical (unpaired) electrons. The highest BCUT2D eigenvalue weighted by Gasteiger charge is 2.63. The Bertz CT molecular complexity index is 240. The lowest BCUT2D eigenvalue weighted by Crippen LogP contribution is -2.29. The second-order valence-electron chi connectivity index (χ2n) is 4.49. The zero-order valence-electron chi connectivity index (χ0n) is 8.34. The van der Waals surface area contributed by atoms with Crippen molar-refractivity contribution in [3.05, 3.63) is 0 Å². The molecular weight excluding hydrogens is 222 g/mol. The van der Waals surface area contributed by atoms with Crippen LogP contribution < -0.4 is 0 Å². The highest BCUT2D eigenvalue weighted by Crippen LogP contribution is 2.64. The zero-order chi connectivity index (χ0) is 12.1. The summed E-state index contributed by atoms with van der Waals surface area (Å²) in [6.07, 6.45) is -9.88. The van der Waals surface area contributed by atoms with Gasteiger partial charge in [-0.1, -0.05) is 13.8 Å². The lowest BCUT2D eigenvalue weighted by Gasteiger charge is -2.23. The molecule has 1 aliphatic rings. The summed E-state index contributed by atoms with van der Waals surface area (Å²) in [4.78, 5) is 0. The van der Waals surface area contributed by atoms with Crippen molar-refractivity contribution in [2.45, 2.75) is 39.0 Å². The molecule has 1 aliphatic carbocycles. The molecule has 0 aromatic rings. The molecular formula is C9H12F6. The molecule has 0 N–H and O–H groups in total. The van der Waals surface area contributed by atoms with E-state index < -0.39 is 36.0 Å². The minimum Gasteiger partial charge on any atom is -0.171 e. The molecule has 0 spiro atoms. The van der Waals surface area contributed by atoms with E-state index in [0.717, 1.165) is 6.92 Å². The number of alkyl halides is 6. The van der Waals surface area contributed by atoms with Crippen LogP contribution in [0.1, 0.15) is 26.7 Å². The number of halogens is 6. The first-order valence-corrected chi connectivity index (χ1v) is 4.60. The van der Waals surface area contributed by atoms with Crippen molar-refractivity contribution < 1.29 is 26.3 Å². The van der Waals surface area contributed by atoms with Gasteiger partial charge in [-0.15, -0.1) is 0 Å². The molecule has 3 atom stereocenters. The van der Waals surface area contributed by atoms with Crippen LogP contribution in [0.15, 0.2) is 0 Å². The summed E-state index contributed by atoms with van der Waals surface area (Å²) in [7, 11) is 0. The van der Waals surface area contributed by atoms with Gasteiger partial charge >= 0.3 is 12.4 Å². The topological polar surface area (TPSA) is 0 Å². The van der Waals surface area contributed by atoms with E-state index in [1.807, 2.05) is 0 Å². The molecule has 0 aliphatic heterocycles. The lowest BCUT2D eigenvalue weighted by molar-refractivity contribution is -0.191. The molecule has 0 aromatic carbocycles. The fourth-order valence-corrected chi connectivity index (χ4v) is 1.96. The van der Waals surface area contributed by atoms with Crippen LogP contribution >= 0.6 is 0 Å². The van der Waals surface area contributed by atoms with Crippen molar-refractivity contribution in [3.63, 3.8) is 0 Å². The van der Waals surface area contributed by atoms with E-state index in [-0.39, 0.29) is 6.42 Å². The maximum Gasteiger partial charge on any atom is 0.392 e.